The van der Waals surface area contributed by atoms with E-state index in [1.807, 2.05) is 0 Å². The van der Waals surface area contributed by atoms with Crippen molar-refractivity contribution in [3.05, 3.63) is 62.9 Å². The van der Waals surface area contributed by atoms with Crippen molar-refractivity contribution in [3.63, 3.8) is 0 Å². The van der Waals surface area contributed by atoms with Gasteiger partial charge in [-0.1, -0.05) is 15.9 Å². The Morgan fingerprint density at radius 2 is 2.05 bits per heavy atom. The average molecular weight is 364 g/mol. The Labute approximate surface area is 134 Å². The fourth-order valence-electron chi connectivity index (χ4n) is 2.68. The molecule has 0 atom stereocenters. The normalized spacial score (nSPS) is 13.4. The summed E-state index contributed by atoms with van der Waals surface area (Å²) in [6, 6.07) is 7.19. The van der Waals surface area contributed by atoms with Crippen molar-refractivity contribution in [2.24, 2.45) is 0 Å². The number of carbonyl (C=O) groups excluding carboxylic acids is 1. The Kier molecular flexibility index (Phi) is 3.48. The lowest BCUT2D eigenvalue weighted by Gasteiger charge is -2.18. The van der Waals surface area contributed by atoms with Gasteiger partial charge in [0.05, 0.1) is 17.7 Å². The summed E-state index contributed by atoms with van der Waals surface area (Å²) in [7, 11) is 0. The zero-order valence-corrected chi connectivity index (χ0v) is 13.1. The zero-order valence-electron chi connectivity index (χ0n) is 11.6. The summed E-state index contributed by atoms with van der Waals surface area (Å²) >= 11 is 3.36. The Hall–Kier alpha value is -2.21. The number of carbonyl (C=O) groups is 2. The number of benzene rings is 2. The van der Waals surface area contributed by atoms with Crippen LogP contribution in [-0.2, 0) is 6.54 Å². The molecule has 1 amide bonds. The highest BCUT2D eigenvalue weighted by Crippen LogP contribution is 2.36. The lowest BCUT2D eigenvalue weighted by molar-refractivity contribution is 0.0692. The van der Waals surface area contributed by atoms with Gasteiger partial charge in [0.15, 0.2) is 0 Å². The molecule has 0 fully saturated rings. The van der Waals surface area contributed by atoms with Gasteiger partial charge in [0.1, 0.15) is 5.82 Å². The largest absolute Gasteiger partial charge is 0.478 e. The van der Waals surface area contributed by atoms with Crippen molar-refractivity contribution in [2.75, 3.05) is 4.90 Å². The number of hydrogen-bond donors (Lipinski definition) is 1. The van der Waals surface area contributed by atoms with E-state index in [-0.39, 0.29) is 29.4 Å². The molecular weight excluding hydrogens is 353 g/mol. The van der Waals surface area contributed by atoms with E-state index in [0.717, 1.165) is 0 Å². The van der Waals surface area contributed by atoms with Crippen LogP contribution in [-0.4, -0.2) is 17.0 Å². The molecule has 6 heteroatoms. The summed E-state index contributed by atoms with van der Waals surface area (Å²) in [5.74, 6) is -1.91. The highest BCUT2D eigenvalue weighted by molar-refractivity contribution is 9.10. The van der Waals surface area contributed by atoms with Crippen molar-refractivity contribution in [3.8, 4) is 0 Å². The molecule has 4 nitrogen and oxygen atoms in total. The van der Waals surface area contributed by atoms with Crippen molar-refractivity contribution < 1.29 is 19.1 Å². The molecule has 0 aliphatic carbocycles. The second-order valence-electron chi connectivity index (χ2n) is 5.08. The quantitative estimate of drug-likeness (QED) is 0.883. The highest BCUT2D eigenvalue weighted by atomic mass is 79.9. The molecule has 3 rings (SSSR count). The molecule has 0 aromatic heterocycles. The first-order valence-corrected chi connectivity index (χ1v) is 7.32. The van der Waals surface area contributed by atoms with Crippen LogP contribution in [0.4, 0.5) is 10.1 Å². The highest BCUT2D eigenvalue weighted by Gasteiger charge is 2.34. The molecule has 0 radical (unpaired) electrons. The van der Waals surface area contributed by atoms with E-state index >= 15 is 0 Å². The van der Waals surface area contributed by atoms with E-state index in [4.69, 9.17) is 0 Å². The van der Waals surface area contributed by atoms with Crippen molar-refractivity contribution in [2.45, 2.75) is 13.5 Å². The molecule has 1 heterocycles. The average Bonchev–Trinajstić information content (AvgIpc) is 2.78. The van der Waals surface area contributed by atoms with Gasteiger partial charge in [0, 0.05) is 10.2 Å². The number of aromatic carboxylic acids is 1. The van der Waals surface area contributed by atoms with Gasteiger partial charge >= 0.3 is 5.97 Å². The number of hydrogen-bond acceptors (Lipinski definition) is 2. The zero-order chi connectivity index (χ0) is 16.0. The molecule has 0 unspecified atom stereocenters. The maximum absolute atomic E-state index is 13.2. The van der Waals surface area contributed by atoms with Gasteiger partial charge in [0.25, 0.3) is 5.91 Å². The van der Waals surface area contributed by atoms with E-state index in [2.05, 4.69) is 15.9 Å². The number of nitrogens with zero attached hydrogens (tertiary/aromatic N) is 1. The Bertz CT molecular complexity index is 819. The molecule has 22 heavy (non-hydrogen) atoms. The van der Waals surface area contributed by atoms with Crippen LogP contribution >= 0.6 is 15.9 Å². The molecule has 112 valence electrons. The lowest BCUT2D eigenvalue weighted by Crippen LogP contribution is -2.24. The SMILES string of the molecule is Cc1cc(F)ccc1N1Cc2c(Br)ccc(C(=O)O)c2C1=O. The van der Waals surface area contributed by atoms with Gasteiger partial charge in [-0.3, -0.25) is 4.79 Å². The van der Waals surface area contributed by atoms with Gasteiger partial charge in [0.2, 0.25) is 0 Å². The standard InChI is InChI=1S/C16H11BrFNO3/c1-8-6-9(18)2-5-13(8)19-7-11-12(17)4-3-10(16(21)22)14(11)15(19)20/h2-6H,7H2,1H3,(H,21,22). The van der Waals surface area contributed by atoms with Crippen molar-refractivity contribution in [1.29, 1.82) is 0 Å². The van der Waals surface area contributed by atoms with Crippen molar-refractivity contribution in [1.82, 2.24) is 0 Å². The molecular formula is C16H11BrFNO3. The fourth-order valence-corrected chi connectivity index (χ4v) is 3.14. The second kappa shape index (κ2) is 5.21. The fraction of sp³-hybridized carbons (Fsp3) is 0.125. The Morgan fingerprint density at radius 1 is 1.32 bits per heavy atom. The molecule has 1 aliphatic rings. The van der Waals surface area contributed by atoms with Crippen molar-refractivity contribution >= 4 is 33.5 Å². The number of fused-ring (bicyclic) bond motifs is 1. The monoisotopic (exact) mass is 363 g/mol. The van der Waals surface area contributed by atoms with Crippen LogP contribution < -0.4 is 4.90 Å². The van der Waals surface area contributed by atoms with E-state index in [0.29, 0.717) is 21.3 Å². The number of halogens is 2. The van der Waals surface area contributed by atoms with Gasteiger partial charge in [-0.15, -0.1) is 0 Å². The summed E-state index contributed by atoms with van der Waals surface area (Å²) in [5, 5.41) is 9.27. The lowest BCUT2D eigenvalue weighted by atomic mass is 10.0. The maximum Gasteiger partial charge on any atom is 0.336 e. The second-order valence-corrected chi connectivity index (χ2v) is 5.93. The molecule has 0 bridgehead atoms. The maximum atomic E-state index is 13.2. The molecule has 1 N–H and O–H groups in total. The van der Waals surface area contributed by atoms with Gasteiger partial charge in [-0.25, -0.2) is 9.18 Å². The number of carboxylic acids is 1. The molecule has 2 aromatic rings. The third kappa shape index (κ3) is 2.20. The Balaban J connectivity index is 2.13. The summed E-state index contributed by atoms with van der Waals surface area (Å²) in [4.78, 5) is 25.5. The third-order valence-corrected chi connectivity index (χ3v) is 4.45. The van der Waals surface area contributed by atoms with Crippen LogP contribution in [0.15, 0.2) is 34.8 Å². The van der Waals surface area contributed by atoms with Gasteiger partial charge in [-0.05, 0) is 48.4 Å². The number of rotatable bonds is 2. The first-order valence-electron chi connectivity index (χ1n) is 6.53. The van der Waals surface area contributed by atoms with E-state index in [1.54, 1.807) is 13.0 Å². The van der Waals surface area contributed by atoms with Crippen LogP contribution in [0.5, 0.6) is 0 Å². The van der Waals surface area contributed by atoms with Crippen LogP contribution in [0.1, 0.15) is 31.8 Å². The van der Waals surface area contributed by atoms with Crippen LogP contribution in [0.3, 0.4) is 0 Å². The Morgan fingerprint density at radius 3 is 2.68 bits per heavy atom. The third-order valence-electron chi connectivity index (χ3n) is 3.71. The van der Waals surface area contributed by atoms with Crippen LogP contribution in [0.25, 0.3) is 0 Å². The first-order chi connectivity index (χ1) is 10.4. The predicted molar refractivity (Wildman–Crippen MR) is 82.8 cm³/mol. The molecule has 0 saturated carbocycles. The number of amides is 1. The molecule has 2 aromatic carbocycles. The summed E-state index contributed by atoms with van der Waals surface area (Å²) in [6.07, 6.45) is 0. The first kappa shape index (κ1) is 14.7. The summed E-state index contributed by atoms with van der Waals surface area (Å²) < 4.78 is 13.9. The molecule has 0 spiro atoms. The number of anilines is 1. The predicted octanol–water partition coefficient (Wildman–Crippen LogP) is 3.76. The van der Waals surface area contributed by atoms with Crippen LogP contribution in [0, 0.1) is 12.7 Å². The number of aryl methyl sites for hydroxylation is 1. The number of carboxylic acid groups (broad SMARTS) is 1. The molecule has 0 saturated heterocycles. The minimum Gasteiger partial charge on any atom is -0.478 e. The molecule has 1 aliphatic heterocycles. The van der Waals surface area contributed by atoms with E-state index < -0.39 is 5.97 Å². The smallest absolute Gasteiger partial charge is 0.336 e. The summed E-state index contributed by atoms with van der Waals surface area (Å²) in [6.45, 7) is 1.96. The topological polar surface area (TPSA) is 57.6 Å². The van der Waals surface area contributed by atoms with Gasteiger partial charge < -0.3 is 10.0 Å². The van der Waals surface area contributed by atoms with Crippen LogP contribution in [0.2, 0.25) is 0 Å². The van der Waals surface area contributed by atoms with Gasteiger partial charge in [-0.2, -0.15) is 0 Å². The van der Waals surface area contributed by atoms with E-state index in [1.165, 1.54) is 29.2 Å². The van der Waals surface area contributed by atoms with E-state index in [9.17, 15) is 19.1 Å². The summed E-state index contributed by atoms with van der Waals surface area (Å²) in [5.41, 5.74) is 1.99. The minimum absolute atomic E-state index is 0.0227. The minimum atomic E-state index is -1.14.